The Bertz CT molecular complexity index is 507. The van der Waals surface area contributed by atoms with Crippen LogP contribution < -0.4 is 4.74 Å². The Labute approximate surface area is 112 Å². The first-order chi connectivity index (χ1) is 8.43. The van der Waals surface area contributed by atoms with Gasteiger partial charge in [0.15, 0.2) is 0 Å². The lowest BCUT2D eigenvalue weighted by Crippen LogP contribution is -2.06. The maximum atomic E-state index is 10.9. The molecule has 1 rings (SSSR count). The fourth-order valence-corrected chi connectivity index (χ4v) is 1.68. The minimum Gasteiger partial charge on any atom is -0.496 e. The highest BCUT2D eigenvalue weighted by molar-refractivity contribution is 9.10. The molecule has 18 heavy (non-hydrogen) atoms. The number of carboxylic acids is 2. The summed E-state index contributed by atoms with van der Waals surface area (Å²) < 4.78 is 5.88. The number of halogens is 1. The molecule has 1 aromatic carbocycles. The van der Waals surface area contributed by atoms with Gasteiger partial charge in [0.1, 0.15) is 5.75 Å². The minimum absolute atomic E-state index is 0.205. The van der Waals surface area contributed by atoms with Crippen LogP contribution in [0, 0.1) is 0 Å². The van der Waals surface area contributed by atoms with Crippen LogP contribution in [0.4, 0.5) is 0 Å². The Morgan fingerprint density at radius 2 is 2.06 bits per heavy atom. The smallest absolute Gasteiger partial charge is 0.332 e. The molecule has 0 aliphatic rings. The summed E-state index contributed by atoms with van der Waals surface area (Å²) >= 11 is 3.26. The highest BCUT2D eigenvalue weighted by Gasteiger charge is 2.13. The Balaban J connectivity index is 3.19. The second-order valence-corrected chi connectivity index (χ2v) is 4.35. The molecular formula is C12H11BrO5. The van der Waals surface area contributed by atoms with E-state index in [9.17, 15) is 9.59 Å². The first-order valence-corrected chi connectivity index (χ1v) is 5.72. The molecule has 0 spiro atoms. The molecule has 0 unspecified atom stereocenters. The van der Waals surface area contributed by atoms with Crippen molar-refractivity contribution in [2.24, 2.45) is 0 Å². The number of hydrogen-bond donors (Lipinski definition) is 2. The van der Waals surface area contributed by atoms with Gasteiger partial charge in [-0.3, -0.25) is 4.79 Å². The molecule has 96 valence electrons. The molecule has 0 fully saturated rings. The topological polar surface area (TPSA) is 83.8 Å². The van der Waals surface area contributed by atoms with Crippen LogP contribution >= 0.6 is 15.9 Å². The van der Waals surface area contributed by atoms with Crippen molar-refractivity contribution < 1.29 is 24.5 Å². The Kier molecular flexibility index (Phi) is 4.91. The molecule has 5 nitrogen and oxygen atoms in total. The van der Waals surface area contributed by atoms with Gasteiger partial charge in [0.25, 0.3) is 0 Å². The van der Waals surface area contributed by atoms with Gasteiger partial charge < -0.3 is 14.9 Å². The van der Waals surface area contributed by atoms with Gasteiger partial charge in [0.2, 0.25) is 0 Å². The lowest BCUT2D eigenvalue weighted by atomic mass is 10.1. The quantitative estimate of drug-likeness (QED) is 0.815. The number of rotatable bonds is 5. The summed E-state index contributed by atoms with van der Waals surface area (Å²) in [7, 11) is 1.46. The first kappa shape index (κ1) is 14.2. The van der Waals surface area contributed by atoms with Crippen molar-refractivity contribution in [3.63, 3.8) is 0 Å². The highest BCUT2D eigenvalue weighted by Crippen LogP contribution is 2.26. The van der Waals surface area contributed by atoms with E-state index in [0.29, 0.717) is 11.3 Å². The van der Waals surface area contributed by atoms with Gasteiger partial charge in [-0.05, 0) is 18.2 Å². The van der Waals surface area contributed by atoms with E-state index in [0.717, 1.165) is 4.47 Å². The van der Waals surface area contributed by atoms with E-state index in [1.807, 2.05) is 0 Å². The van der Waals surface area contributed by atoms with Crippen LogP contribution in [-0.2, 0) is 9.59 Å². The summed E-state index contributed by atoms with van der Waals surface area (Å²) in [5.41, 5.74) is 0.308. The van der Waals surface area contributed by atoms with Crippen LogP contribution in [-0.4, -0.2) is 29.3 Å². The van der Waals surface area contributed by atoms with Crippen LogP contribution in [0.15, 0.2) is 28.2 Å². The maximum Gasteiger partial charge on any atom is 0.332 e. The summed E-state index contributed by atoms with van der Waals surface area (Å²) in [4.78, 5) is 21.5. The van der Waals surface area contributed by atoms with Crippen molar-refractivity contribution in [1.29, 1.82) is 0 Å². The Hall–Kier alpha value is -1.82. The molecule has 0 atom stereocenters. The molecule has 2 N–H and O–H groups in total. The van der Waals surface area contributed by atoms with E-state index >= 15 is 0 Å². The van der Waals surface area contributed by atoms with Gasteiger partial charge in [-0.25, -0.2) is 4.79 Å². The van der Waals surface area contributed by atoms with Crippen molar-refractivity contribution in [1.82, 2.24) is 0 Å². The molecule has 0 aliphatic carbocycles. The van der Waals surface area contributed by atoms with Crippen molar-refractivity contribution in [3.05, 3.63) is 33.8 Å². The predicted octanol–water partition coefficient (Wildman–Crippen LogP) is 2.40. The van der Waals surface area contributed by atoms with Crippen LogP contribution in [0.5, 0.6) is 5.75 Å². The SMILES string of the molecule is COc1cc(Br)ccc1/C=C(\CC(=O)O)C(=O)O. The summed E-state index contributed by atoms with van der Waals surface area (Å²) in [5, 5.41) is 17.6. The molecule has 0 saturated carbocycles. The number of carbonyl (C=O) groups is 2. The molecule has 0 amide bonds. The second kappa shape index (κ2) is 6.20. The molecule has 1 aromatic rings. The largest absolute Gasteiger partial charge is 0.496 e. The third kappa shape index (κ3) is 3.89. The lowest BCUT2D eigenvalue weighted by Gasteiger charge is -2.06. The van der Waals surface area contributed by atoms with Gasteiger partial charge in [-0.2, -0.15) is 0 Å². The van der Waals surface area contributed by atoms with Gasteiger partial charge >= 0.3 is 11.9 Å². The molecule has 0 aromatic heterocycles. The molecular weight excluding hydrogens is 304 g/mol. The van der Waals surface area contributed by atoms with Crippen molar-refractivity contribution in [3.8, 4) is 5.75 Å². The third-order valence-corrected chi connectivity index (χ3v) is 2.63. The first-order valence-electron chi connectivity index (χ1n) is 4.93. The highest BCUT2D eigenvalue weighted by atomic mass is 79.9. The maximum absolute atomic E-state index is 10.9. The number of aliphatic carboxylic acids is 2. The minimum atomic E-state index is -1.26. The van der Waals surface area contributed by atoms with E-state index < -0.39 is 18.4 Å². The molecule has 0 bridgehead atoms. The zero-order valence-corrected chi connectivity index (χ0v) is 11.1. The van der Waals surface area contributed by atoms with E-state index in [1.165, 1.54) is 13.2 Å². The fraction of sp³-hybridized carbons (Fsp3) is 0.167. The summed E-state index contributed by atoms with van der Waals surface area (Å²) in [6.07, 6.45) is 0.746. The molecule has 0 radical (unpaired) electrons. The number of carboxylic acid groups (broad SMARTS) is 2. The monoisotopic (exact) mass is 314 g/mol. The van der Waals surface area contributed by atoms with E-state index in [2.05, 4.69) is 15.9 Å². The van der Waals surface area contributed by atoms with Crippen molar-refractivity contribution in [2.75, 3.05) is 7.11 Å². The average molecular weight is 315 g/mol. The van der Waals surface area contributed by atoms with Crippen molar-refractivity contribution in [2.45, 2.75) is 6.42 Å². The van der Waals surface area contributed by atoms with E-state index in [1.54, 1.807) is 18.2 Å². The zero-order valence-electron chi connectivity index (χ0n) is 9.51. The van der Waals surface area contributed by atoms with Crippen LogP contribution in [0.2, 0.25) is 0 Å². The third-order valence-electron chi connectivity index (χ3n) is 2.14. The lowest BCUT2D eigenvalue weighted by molar-refractivity contribution is -0.139. The number of ether oxygens (including phenoxy) is 1. The van der Waals surface area contributed by atoms with Crippen LogP contribution in [0.1, 0.15) is 12.0 Å². The predicted molar refractivity (Wildman–Crippen MR) is 68.6 cm³/mol. The van der Waals surface area contributed by atoms with Gasteiger partial charge in [0.05, 0.1) is 13.5 Å². The average Bonchev–Trinajstić information content (AvgIpc) is 2.29. The van der Waals surface area contributed by atoms with E-state index in [4.69, 9.17) is 14.9 Å². The normalized spacial score (nSPS) is 11.1. The van der Waals surface area contributed by atoms with Gasteiger partial charge in [-0.1, -0.05) is 22.0 Å². The summed E-state index contributed by atoms with van der Waals surface area (Å²) in [6.45, 7) is 0. The Morgan fingerprint density at radius 3 is 2.56 bits per heavy atom. The molecule has 0 aliphatic heterocycles. The Morgan fingerprint density at radius 1 is 1.39 bits per heavy atom. The van der Waals surface area contributed by atoms with Crippen LogP contribution in [0.3, 0.4) is 0 Å². The molecule has 0 heterocycles. The number of methoxy groups -OCH3 is 1. The standard InChI is InChI=1S/C12H11BrO5/c1-18-10-6-9(13)3-2-7(10)4-8(12(16)17)5-11(14)15/h2-4,6H,5H2,1H3,(H,14,15)(H,16,17)/b8-4+. The van der Waals surface area contributed by atoms with Gasteiger partial charge in [-0.15, -0.1) is 0 Å². The second-order valence-electron chi connectivity index (χ2n) is 3.43. The summed E-state index contributed by atoms with van der Waals surface area (Å²) in [6, 6.07) is 5.04. The fourth-order valence-electron chi connectivity index (χ4n) is 1.34. The van der Waals surface area contributed by atoms with Gasteiger partial charge in [0, 0.05) is 15.6 Å². The number of hydrogen-bond acceptors (Lipinski definition) is 3. The van der Waals surface area contributed by atoms with Crippen molar-refractivity contribution >= 4 is 33.9 Å². The molecule has 6 heteroatoms. The molecule has 0 saturated heterocycles. The number of benzene rings is 1. The summed E-state index contributed by atoms with van der Waals surface area (Å²) in [5.74, 6) is -1.99. The van der Waals surface area contributed by atoms with E-state index in [-0.39, 0.29) is 5.57 Å². The van der Waals surface area contributed by atoms with Crippen LogP contribution in [0.25, 0.3) is 6.08 Å². The zero-order chi connectivity index (χ0) is 13.7.